The summed E-state index contributed by atoms with van der Waals surface area (Å²) < 4.78 is 3.29. The molecule has 34 heavy (non-hydrogen) atoms. The van der Waals surface area contributed by atoms with Gasteiger partial charge >= 0.3 is 5.69 Å². The number of nitrogens with one attached hydrogen (secondary N) is 1. The maximum atomic E-state index is 13.8. The Bertz CT molecular complexity index is 1590. The van der Waals surface area contributed by atoms with Crippen LogP contribution in [0.1, 0.15) is 5.56 Å². The van der Waals surface area contributed by atoms with Crippen LogP contribution < -0.4 is 11.0 Å². The number of nitrogens with zero attached hydrogens (tertiary/aromatic N) is 3. The number of imidazole rings is 1. The van der Waals surface area contributed by atoms with Gasteiger partial charge in [-0.05, 0) is 60.5 Å². The van der Waals surface area contributed by atoms with Gasteiger partial charge in [-0.15, -0.1) is 0 Å². The third kappa shape index (κ3) is 3.82. The number of fused-ring (bicyclic) bond motifs is 1. The van der Waals surface area contributed by atoms with Crippen molar-refractivity contribution in [3.8, 4) is 22.5 Å². The molecule has 0 aliphatic heterocycles. The van der Waals surface area contributed by atoms with E-state index in [0.29, 0.717) is 22.4 Å². The largest absolute Gasteiger partial charge is 0.338 e. The number of carbonyl (C=O) groups is 1. The van der Waals surface area contributed by atoms with Crippen LogP contribution >= 0.6 is 0 Å². The highest BCUT2D eigenvalue weighted by Gasteiger charge is 2.17. The fraction of sp³-hybridized carbons (Fsp3) is 0.0357. The number of aromatic nitrogens is 3. The molecule has 5 rings (SSSR count). The number of aryl methyl sites for hydroxylation is 1. The van der Waals surface area contributed by atoms with Gasteiger partial charge in [-0.2, -0.15) is 0 Å². The van der Waals surface area contributed by atoms with E-state index in [2.05, 4.69) is 48.1 Å². The molecule has 1 amide bonds. The molecule has 0 atom stereocenters. The van der Waals surface area contributed by atoms with Crippen molar-refractivity contribution in [2.75, 3.05) is 5.32 Å². The summed E-state index contributed by atoms with van der Waals surface area (Å²) in [6.45, 7) is 5.54. The number of benzene rings is 3. The summed E-state index contributed by atoms with van der Waals surface area (Å²) >= 11 is 0. The summed E-state index contributed by atoms with van der Waals surface area (Å²) in [6, 6.07) is 25.1. The lowest BCUT2D eigenvalue weighted by Gasteiger charge is -2.08. The minimum Gasteiger partial charge on any atom is -0.322 e. The summed E-state index contributed by atoms with van der Waals surface area (Å²) in [5, 5.41) is 2.75. The van der Waals surface area contributed by atoms with E-state index in [4.69, 9.17) is 0 Å². The Labute approximate surface area is 196 Å². The molecule has 0 radical (unpaired) electrons. The third-order valence-corrected chi connectivity index (χ3v) is 5.69. The lowest BCUT2D eigenvalue weighted by Crippen LogP contribution is -2.22. The van der Waals surface area contributed by atoms with E-state index in [1.807, 2.05) is 36.4 Å². The standard InChI is InChI=1S/C28H22N4O2/c1-3-27(33)30-22-7-5-9-24(17-22)31-25-14-15-29-18-26(25)32(28(31)34)23-8-4-6-21(16-23)20-12-10-19(2)11-13-20/h3-18H,1H2,2H3,(H,30,33). The van der Waals surface area contributed by atoms with Crippen molar-refractivity contribution >= 4 is 22.6 Å². The lowest BCUT2D eigenvalue weighted by atomic mass is 10.0. The van der Waals surface area contributed by atoms with E-state index in [9.17, 15) is 9.59 Å². The van der Waals surface area contributed by atoms with E-state index in [0.717, 1.165) is 16.8 Å². The maximum absolute atomic E-state index is 13.8. The molecule has 0 unspecified atom stereocenters. The second-order valence-corrected chi connectivity index (χ2v) is 7.98. The predicted molar refractivity (Wildman–Crippen MR) is 136 cm³/mol. The molecule has 0 spiro atoms. The molecule has 6 heteroatoms. The van der Waals surface area contributed by atoms with Crippen molar-refractivity contribution < 1.29 is 4.79 Å². The Balaban J connectivity index is 1.68. The van der Waals surface area contributed by atoms with Gasteiger partial charge in [-0.1, -0.05) is 54.6 Å². The minimum absolute atomic E-state index is 0.226. The first kappa shape index (κ1) is 21.2. The molecule has 2 aromatic heterocycles. The normalized spacial score (nSPS) is 10.9. The molecule has 166 valence electrons. The van der Waals surface area contributed by atoms with Gasteiger partial charge in [0.25, 0.3) is 0 Å². The molecular formula is C28H22N4O2. The van der Waals surface area contributed by atoms with Crippen LogP contribution in [-0.4, -0.2) is 20.0 Å². The van der Waals surface area contributed by atoms with Gasteiger partial charge < -0.3 is 5.32 Å². The highest BCUT2D eigenvalue weighted by Crippen LogP contribution is 2.26. The summed E-state index contributed by atoms with van der Waals surface area (Å²) in [7, 11) is 0. The highest BCUT2D eigenvalue weighted by molar-refractivity contribution is 5.99. The molecule has 5 aromatic rings. The fourth-order valence-corrected chi connectivity index (χ4v) is 4.03. The van der Waals surface area contributed by atoms with Crippen molar-refractivity contribution in [2.45, 2.75) is 6.92 Å². The zero-order valence-corrected chi connectivity index (χ0v) is 18.6. The van der Waals surface area contributed by atoms with E-state index < -0.39 is 0 Å². The van der Waals surface area contributed by atoms with Gasteiger partial charge in [0.15, 0.2) is 0 Å². The summed E-state index contributed by atoms with van der Waals surface area (Å²) in [5.74, 6) is -0.316. The van der Waals surface area contributed by atoms with Gasteiger partial charge in [-0.3, -0.25) is 18.9 Å². The molecule has 0 fully saturated rings. The minimum atomic E-state index is -0.316. The highest BCUT2D eigenvalue weighted by atomic mass is 16.2. The Hall–Kier alpha value is -4.71. The summed E-state index contributed by atoms with van der Waals surface area (Å²) in [6.07, 6.45) is 4.56. The van der Waals surface area contributed by atoms with Crippen molar-refractivity contribution in [3.05, 3.63) is 120 Å². The van der Waals surface area contributed by atoms with Crippen LogP contribution in [0.3, 0.4) is 0 Å². The monoisotopic (exact) mass is 446 g/mol. The van der Waals surface area contributed by atoms with Gasteiger partial charge in [0.05, 0.1) is 28.6 Å². The van der Waals surface area contributed by atoms with Crippen LogP contribution in [0.5, 0.6) is 0 Å². The van der Waals surface area contributed by atoms with E-state index in [1.54, 1.807) is 39.7 Å². The number of amides is 1. The van der Waals surface area contributed by atoms with E-state index >= 15 is 0 Å². The van der Waals surface area contributed by atoms with Crippen molar-refractivity contribution in [1.29, 1.82) is 0 Å². The van der Waals surface area contributed by atoms with Crippen LogP contribution in [-0.2, 0) is 4.79 Å². The van der Waals surface area contributed by atoms with Crippen LogP contribution in [0.4, 0.5) is 5.69 Å². The number of hydrogen-bond donors (Lipinski definition) is 1. The summed E-state index contributed by atoms with van der Waals surface area (Å²) in [4.78, 5) is 29.8. The quantitative estimate of drug-likeness (QED) is 0.374. The van der Waals surface area contributed by atoms with Crippen LogP contribution in [0.15, 0.2) is 109 Å². The number of pyridine rings is 1. The van der Waals surface area contributed by atoms with Crippen LogP contribution in [0, 0.1) is 6.92 Å². The number of carbonyl (C=O) groups excluding carboxylic acids is 1. The number of rotatable bonds is 5. The molecule has 3 aromatic carbocycles. The second-order valence-electron chi connectivity index (χ2n) is 7.98. The molecule has 0 aliphatic rings. The van der Waals surface area contributed by atoms with Gasteiger partial charge in [0.1, 0.15) is 0 Å². The maximum Gasteiger partial charge on any atom is 0.338 e. The van der Waals surface area contributed by atoms with Crippen molar-refractivity contribution in [2.24, 2.45) is 0 Å². The molecule has 0 bridgehead atoms. The van der Waals surface area contributed by atoms with E-state index in [1.165, 1.54) is 11.6 Å². The SMILES string of the molecule is C=CC(=O)Nc1cccc(-n2c(=O)n(-c3cccc(-c4ccc(C)cc4)c3)c3cnccc32)c1. The Morgan fingerprint density at radius 2 is 1.59 bits per heavy atom. The zero-order valence-electron chi connectivity index (χ0n) is 18.6. The van der Waals surface area contributed by atoms with Crippen LogP contribution in [0.25, 0.3) is 33.5 Å². The molecule has 2 heterocycles. The lowest BCUT2D eigenvalue weighted by molar-refractivity contribution is -0.111. The van der Waals surface area contributed by atoms with Gasteiger partial charge in [0.2, 0.25) is 5.91 Å². The first-order valence-electron chi connectivity index (χ1n) is 10.8. The zero-order chi connectivity index (χ0) is 23.7. The fourth-order valence-electron chi connectivity index (χ4n) is 4.03. The number of anilines is 1. The Morgan fingerprint density at radius 1 is 0.882 bits per heavy atom. The molecular weight excluding hydrogens is 424 g/mol. The van der Waals surface area contributed by atoms with Crippen molar-refractivity contribution in [1.82, 2.24) is 14.1 Å². The average molecular weight is 447 g/mol. The smallest absolute Gasteiger partial charge is 0.322 e. The van der Waals surface area contributed by atoms with Crippen molar-refractivity contribution in [3.63, 3.8) is 0 Å². The second kappa shape index (κ2) is 8.67. The molecule has 0 saturated heterocycles. The number of hydrogen-bond acceptors (Lipinski definition) is 3. The van der Waals surface area contributed by atoms with Gasteiger partial charge in [-0.25, -0.2) is 4.79 Å². The molecule has 1 N–H and O–H groups in total. The first-order chi connectivity index (χ1) is 16.5. The van der Waals surface area contributed by atoms with Gasteiger partial charge in [0, 0.05) is 11.9 Å². The topological polar surface area (TPSA) is 68.9 Å². The first-order valence-corrected chi connectivity index (χ1v) is 10.8. The average Bonchev–Trinajstić information content (AvgIpc) is 3.16. The molecule has 0 aliphatic carbocycles. The predicted octanol–water partition coefficient (Wildman–Crippen LogP) is 5.28. The molecule has 0 saturated carbocycles. The third-order valence-electron chi connectivity index (χ3n) is 5.69. The Kier molecular flexibility index (Phi) is 5.40. The summed E-state index contributed by atoms with van der Waals surface area (Å²) in [5.41, 5.74) is 6.42. The van der Waals surface area contributed by atoms with Crippen LogP contribution in [0.2, 0.25) is 0 Å². The Morgan fingerprint density at radius 3 is 2.35 bits per heavy atom. The molecule has 6 nitrogen and oxygen atoms in total. The van der Waals surface area contributed by atoms with E-state index in [-0.39, 0.29) is 11.6 Å².